The number of nitrogens with zero attached hydrogens (tertiary/aromatic N) is 1. The molecule has 100 valence electrons. The van der Waals surface area contributed by atoms with Gasteiger partial charge in [-0.2, -0.15) is 0 Å². The van der Waals surface area contributed by atoms with Gasteiger partial charge in [-0.3, -0.25) is 10.7 Å². The minimum atomic E-state index is 0.0815. The second-order valence-corrected chi connectivity index (χ2v) is 6.66. The van der Waals surface area contributed by atoms with Crippen molar-refractivity contribution in [2.45, 2.75) is 52.4 Å². The van der Waals surface area contributed by atoms with Gasteiger partial charge in [-0.05, 0) is 34.1 Å². The van der Waals surface area contributed by atoms with Crippen molar-refractivity contribution >= 4 is 12.0 Å². The molecule has 0 saturated carbocycles. The summed E-state index contributed by atoms with van der Waals surface area (Å²) >= 11 is 0. The van der Waals surface area contributed by atoms with Crippen LogP contribution in [0.4, 0.5) is 5.69 Å². The molecule has 0 aliphatic heterocycles. The number of hydroxylamine groups is 1. The molecule has 1 aromatic rings. The van der Waals surface area contributed by atoms with Crippen molar-refractivity contribution in [2.24, 2.45) is 4.99 Å². The van der Waals surface area contributed by atoms with Crippen molar-refractivity contribution in [2.75, 3.05) is 0 Å². The van der Waals surface area contributed by atoms with E-state index in [9.17, 15) is 0 Å². The number of rotatable bonds is 2. The second kappa shape index (κ2) is 5.11. The smallest absolute Gasteiger partial charge is 0.113 e. The van der Waals surface area contributed by atoms with Crippen LogP contribution in [0.2, 0.25) is 0 Å². The second-order valence-electron chi connectivity index (χ2n) is 6.66. The van der Waals surface area contributed by atoms with Crippen LogP contribution < -0.4 is 5.48 Å². The summed E-state index contributed by atoms with van der Waals surface area (Å²) in [6, 6.07) is 6.36. The average molecular weight is 248 g/mol. The highest BCUT2D eigenvalue weighted by molar-refractivity contribution is 5.61. The Kier molecular flexibility index (Phi) is 4.17. The molecule has 1 aromatic carbocycles. The molecule has 0 bridgehead atoms. The third-order valence-corrected chi connectivity index (χ3v) is 2.92. The Morgan fingerprint density at radius 2 is 1.39 bits per heavy atom. The van der Waals surface area contributed by atoms with Gasteiger partial charge in [0.25, 0.3) is 0 Å². The van der Waals surface area contributed by atoms with E-state index in [1.807, 2.05) is 5.48 Å². The van der Waals surface area contributed by atoms with Crippen LogP contribution in [0.1, 0.15) is 52.7 Å². The lowest BCUT2D eigenvalue weighted by Gasteiger charge is -2.25. The average Bonchev–Trinajstić information content (AvgIpc) is 2.23. The first-order valence-corrected chi connectivity index (χ1v) is 6.23. The summed E-state index contributed by atoms with van der Waals surface area (Å²) in [7, 11) is 0. The van der Waals surface area contributed by atoms with Crippen LogP contribution in [0.5, 0.6) is 0 Å². The van der Waals surface area contributed by atoms with Crippen LogP contribution in [0.25, 0.3) is 0 Å². The maximum Gasteiger partial charge on any atom is 0.113 e. The lowest BCUT2D eigenvalue weighted by atomic mass is 9.80. The molecule has 0 aromatic heterocycles. The van der Waals surface area contributed by atoms with Gasteiger partial charge in [-0.15, -0.1) is 0 Å². The van der Waals surface area contributed by atoms with Gasteiger partial charge in [-0.25, -0.2) is 4.99 Å². The fourth-order valence-electron chi connectivity index (χ4n) is 1.66. The standard InChI is InChI=1S/C15H24N2O/c1-14(2,3)11-7-12(15(4,5)6)9-13(8-11)16-10-17-18/h7-10,18H,1-6H3,(H,16,17). The molecule has 3 nitrogen and oxygen atoms in total. The third kappa shape index (κ3) is 3.84. The van der Waals surface area contributed by atoms with Gasteiger partial charge in [0.15, 0.2) is 0 Å². The molecule has 0 spiro atoms. The Morgan fingerprint density at radius 1 is 0.944 bits per heavy atom. The molecule has 0 atom stereocenters. The van der Waals surface area contributed by atoms with E-state index in [4.69, 9.17) is 5.21 Å². The molecule has 0 aliphatic carbocycles. The fraction of sp³-hybridized carbons (Fsp3) is 0.533. The summed E-state index contributed by atoms with van der Waals surface area (Å²) in [6.45, 7) is 13.1. The molecule has 0 unspecified atom stereocenters. The highest BCUT2D eigenvalue weighted by Gasteiger charge is 2.20. The van der Waals surface area contributed by atoms with Gasteiger partial charge in [0.2, 0.25) is 0 Å². The molecular formula is C15H24N2O. The number of nitrogens with one attached hydrogen (secondary N) is 1. The minimum Gasteiger partial charge on any atom is -0.290 e. The van der Waals surface area contributed by atoms with Gasteiger partial charge in [0.05, 0.1) is 5.69 Å². The van der Waals surface area contributed by atoms with Crippen molar-refractivity contribution < 1.29 is 5.21 Å². The van der Waals surface area contributed by atoms with Gasteiger partial charge in [0, 0.05) is 0 Å². The van der Waals surface area contributed by atoms with E-state index < -0.39 is 0 Å². The highest BCUT2D eigenvalue weighted by atomic mass is 16.5. The lowest BCUT2D eigenvalue weighted by molar-refractivity contribution is 0.240. The number of hydrogen-bond acceptors (Lipinski definition) is 2. The summed E-state index contributed by atoms with van der Waals surface area (Å²) in [4.78, 5) is 4.19. The summed E-state index contributed by atoms with van der Waals surface area (Å²) in [5, 5.41) is 8.59. The zero-order valence-corrected chi connectivity index (χ0v) is 12.2. The summed E-state index contributed by atoms with van der Waals surface area (Å²) < 4.78 is 0. The normalized spacial score (nSPS) is 13.1. The first-order valence-electron chi connectivity index (χ1n) is 6.23. The summed E-state index contributed by atoms with van der Waals surface area (Å²) in [6.07, 6.45) is 1.29. The Labute approximate surface area is 110 Å². The zero-order chi connectivity index (χ0) is 14.0. The van der Waals surface area contributed by atoms with E-state index >= 15 is 0 Å². The molecule has 0 amide bonds. The maximum absolute atomic E-state index is 8.59. The third-order valence-electron chi connectivity index (χ3n) is 2.92. The Hall–Kier alpha value is -1.35. The summed E-state index contributed by atoms with van der Waals surface area (Å²) in [5.74, 6) is 0. The van der Waals surface area contributed by atoms with E-state index in [0.717, 1.165) is 5.69 Å². The molecule has 2 N–H and O–H groups in total. The van der Waals surface area contributed by atoms with Crippen molar-refractivity contribution in [1.29, 1.82) is 0 Å². The van der Waals surface area contributed by atoms with Crippen LogP contribution in [0, 0.1) is 0 Å². The first-order chi connectivity index (χ1) is 8.14. The molecule has 0 heterocycles. The first kappa shape index (κ1) is 14.7. The Balaban J connectivity index is 3.34. The fourth-order valence-corrected chi connectivity index (χ4v) is 1.66. The molecule has 0 fully saturated rings. The highest BCUT2D eigenvalue weighted by Crippen LogP contribution is 2.32. The quantitative estimate of drug-likeness (QED) is 0.473. The van der Waals surface area contributed by atoms with Gasteiger partial charge in [0.1, 0.15) is 6.34 Å². The van der Waals surface area contributed by atoms with E-state index in [1.165, 1.54) is 17.5 Å². The predicted octanol–water partition coefficient (Wildman–Crippen LogP) is 3.92. The molecule has 1 rings (SSSR count). The molecule has 0 saturated heterocycles. The predicted molar refractivity (Wildman–Crippen MR) is 76.9 cm³/mol. The monoisotopic (exact) mass is 248 g/mol. The number of aliphatic imine (C=N–C) groups is 1. The molecular weight excluding hydrogens is 224 g/mol. The van der Waals surface area contributed by atoms with Gasteiger partial charge in [-0.1, -0.05) is 47.6 Å². The maximum atomic E-state index is 8.59. The van der Waals surface area contributed by atoms with Crippen LogP contribution in [0.15, 0.2) is 23.2 Å². The molecule has 0 radical (unpaired) electrons. The van der Waals surface area contributed by atoms with Crippen molar-refractivity contribution in [3.63, 3.8) is 0 Å². The minimum absolute atomic E-state index is 0.0815. The lowest BCUT2D eigenvalue weighted by Crippen LogP contribution is -2.16. The van der Waals surface area contributed by atoms with Gasteiger partial charge >= 0.3 is 0 Å². The van der Waals surface area contributed by atoms with E-state index in [2.05, 4.69) is 64.7 Å². The van der Waals surface area contributed by atoms with E-state index in [-0.39, 0.29) is 10.8 Å². The van der Waals surface area contributed by atoms with Crippen LogP contribution in [-0.2, 0) is 10.8 Å². The van der Waals surface area contributed by atoms with Crippen molar-refractivity contribution in [3.8, 4) is 0 Å². The Morgan fingerprint density at radius 3 is 1.72 bits per heavy atom. The number of benzene rings is 1. The van der Waals surface area contributed by atoms with Crippen LogP contribution in [-0.4, -0.2) is 11.5 Å². The van der Waals surface area contributed by atoms with Gasteiger partial charge < -0.3 is 0 Å². The topological polar surface area (TPSA) is 44.6 Å². The molecule has 18 heavy (non-hydrogen) atoms. The van der Waals surface area contributed by atoms with Crippen molar-refractivity contribution in [1.82, 2.24) is 5.48 Å². The SMILES string of the molecule is CC(C)(C)c1cc(N=CNO)cc(C(C)(C)C)c1. The van der Waals surface area contributed by atoms with Crippen molar-refractivity contribution in [3.05, 3.63) is 29.3 Å². The van der Waals surface area contributed by atoms with Crippen LogP contribution >= 0.6 is 0 Å². The Bertz CT molecular complexity index is 405. The molecule has 0 aliphatic rings. The summed E-state index contributed by atoms with van der Waals surface area (Å²) in [5.41, 5.74) is 5.46. The number of hydrogen-bond donors (Lipinski definition) is 2. The zero-order valence-electron chi connectivity index (χ0n) is 12.2. The largest absolute Gasteiger partial charge is 0.290 e. The van der Waals surface area contributed by atoms with Crippen LogP contribution in [0.3, 0.4) is 0 Å². The molecule has 3 heteroatoms. The van der Waals surface area contributed by atoms with E-state index in [1.54, 1.807) is 0 Å². The van der Waals surface area contributed by atoms with E-state index in [0.29, 0.717) is 0 Å².